The van der Waals surface area contributed by atoms with Crippen LogP contribution in [0.1, 0.15) is 24.2 Å². The topological polar surface area (TPSA) is 115 Å². The van der Waals surface area contributed by atoms with Crippen LogP contribution in [0.4, 0.5) is 0 Å². The summed E-state index contributed by atoms with van der Waals surface area (Å²) in [5.74, 6) is -0.518. The van der Waals surface area contributed by atoms with Gasteiger partial charge >= 0.3 is 0 Å². The number of carbonyl (C=O) groups excluding carboxylic acids is 2. The lowest BCUT2D eigenvalue weighted by atomic mass is 10.1. The number of amides is 2. The van der Waals surface area contributed by atoms with Crippen LogP contribution in [0.5, 0.6) is 17.2 Å². The van der Waals surface area contributed by atoms with Crippen molar-refractivity contribution in [2.75, 3.05) is 33.9 Å². The maximum absolute atomic E-state index is 12.7. The Hall–Kier alpha value is -2.95. The number of nitrogens with zero attached hydrogens (tertiary/aromatic N) is 2. The Morgan fingerprint density at radius 3 is 2.24 bits per heavy atom. The van der Waals surface area contributed by atoms with Crippen LogP contribution in [-0.4, -0.2) is 50.6 Å². The van der Waals surface area contributed by atoms with Gasteiger partial charge < -0.3 is 24.8 Å². The van der Waals surface area contributed by atoms with Crippen molar-refractivity contribution < 1.29 is 23.8 Å². The number of primary amides is 1. The number of nitrogens with two attached hydrogens (primary N) is 1. The maximum Gasteiger partial charge on any atom is 0.255 e. The zero-order valence-electron chi connectivity index (χ0n) is 14.9. The normalized spacial score (nSPS) is 11.2. The molecule has 0 aromatic heterocycles. The highest BCUT2D eigenvalue weighted by Gasteiger charge is 2.22. The van der Waals surface area contributed by atoms with Crippen molar-refractivity contribution in [3.05, 3.63) is 17.7 Å². The van der Waals surface area contributed by atoms with Crippen molar-refractivity contribution in [2.24, 2.45) is 11.7 Å². The molecule has 0 heterocycles. The maximum atomic E-state index is 12.7. The predicted octanol–water partition coefficient (Wildman–Crippen LogP) is 1.19. The zero-order valence-corrected chi connectivity index (χ0v) is 14.9. The van der Waals surface area contributed by atoms with Crippen LogP contribution in [0, 0.1) is 17.2 Å². The predicted molar refractivity (Wildman–Crippen MR) is 90.6 cm³/mol. The van der Waals surface area contributed by atoms with Crippen LogP contribution >= 0.6 is 0 Å². The van der Waals surface area contributed by atoms with Gasteiger partial charge in [0, 0.05) is 18.7 Å². The lowest BCUT2D eigenvalue weighted by Crippen LogP contribution is -2.34. The van der Waals surface area contributed by atoms with Crippen molar-refractivity contribution in [3.8, 4) is 23.3 Å². The van der Waals surface area contributed by atoms with Gasteiger partial charge in [-0.1, -0.05) is 0 Å². The van der Waals surface area contributed by atoms with E-state index in [9.17, 15) is 9.59 Å². The van der Waals surface area contributed by atoms with Crippen LogP contribution in [0.2, 0.25) is 0 Å². The number of hydrogen-bond acceptors (Lipinski definition) is 6. The van der Waals surface area contributed by atoms with E-state index in [0.29, 0.717) is 18.7 Å². The molecule has 0 radical (unpaired) electrons. The molecule has 8 nitrogen and oxygen atoms in total. The van der Waals surface area contributed by atoms with Crippen LogP contribution in [0.15, 0.2) is 12.1 Å². The highest BCUT2D eigenvalue weighted by Crippen LogP contribution is 2.38. The average molecular weight is 349 g/mol. The second-order valence-corrected chi connectivity index (χ2v) is 5.34. The highest BCUT2D eigenvalue weighted by molar-refractivity contribution is 5.95. The zero-order chi connectivity index (χ0) is 19.0. The molecule has 0 saturated carbocycles. The molecular weight excluding hydrogens is 326 g/mol. The monoisotopic (exact) mass is 349 g/mol. The second kappa shape index (κ2) is 9.37. The molecule has 0 aliphatic rings. The molecule has 0 spiro atoms. The van der Waals surface area contributed by atoms with E-state index >= 15 is 0 Å². The quantitative estimate of drug-likeness (QED) is 0.716. The summed E-state index contributed by atoms with van der Waals surface area (Å²) in [5, 5.41) is 8.95. The minimum Gasteiger partial charge on any atom is -0.493 e. The number of hydrogen-bond donors (Lipinski definition) is 1. The first-order valence-corrected chi connectivity index (χ1v) is 7.73. The minimum atomic E-state index is -0.646. The Labute approximate surface area is 147 Å². The van der Waals surface area contributed by atoms with Gasteiger partial charge in [-0.2, -0.15) is 5.26 Å². The largest absolute Gasteiger partial charge is 0.493 e. The first-order chi connectivity index (χ1) is 11.9. The number of ether oxygens (including phenoxy) is 3. The van der Waals surface area contributed by atoms with E-state index in [4.69, 9.17) is 25.2 Å². The molecule has 2 amide bonds. The molecule has 1 unspecified atom stereocenters. The molecule has 1 rings (SSSR count). The first-order valence-electron chi connectivity index (χ1n) is 7.73. The van der Waals surface area contributed by atoms with Crippen molar-refractivity contribution in [1.82, 2.24) is 4.90 Å². The molecule has 1 aromatic rings. The van der Waals surface area contributed by atoms with E-state index in [1.165, 1.54) is 26.4 Å². The number of benzene rings is 1. The third kappa shape index (κ3) is 5.28. The molecule has 0 saturated heterocycles. The molecule has 136 valence electrons. The summed E-state index contributed by atoms with van der Waals surface area (Å²) in [7, 11) is 2.82. The van der Waals surface area contributed by atoms with Gasteiger partial charge in [-0.15, -0.1) is 0 Å². The molecule has 1 aromatic carbocycles. The van der Waals surface area contributed by atoms with Crippen molar-refractivity contribution >= 4 is 11.8 Å². The fraction of sp³-hybridized carbons (Fsp3) is 0.471. The Balaban J connectivity index is 3.21. The minimum absolute atomic E-state index is 0.189. The van der Waals surface area contributed by atoms with Crippen molar-refractivity contribution in [3.63, 3.8) is 0 Å². The van der Waals surface area contributed by atoms with E-state index in [-0.39, 0.29) is 35.7 Å². The second-order valence-electron chi connectivity index (χ2n) is 5.34. The number of carbonyl (C=O) groups is 2. The van der Waals surface area contributed by atoms with Gasteiger partial charge in [0.1, 0.15) is 0 Å². The van der Waals surface area contributed by atoms with Crippen LogP contribution in [0.3, 0.4) is 0 Å². The first kappa shape index (κ1) is 20.1. The Kier molecular flexibility index (Phi) is 7.53. The lowest BCUT2D eigenvalue weighted by Gasteiger charge is -2.23. The smallest absolute Gasteiger partial charge is 0.255 e. The van der Waals surface area contributed by atoms with Gasteiger partial charge in [0.25, 0.3) is 11.8 Å². The van der Waals surface area contributed by atoms with E-state index < -0.39 is 5.91 Å². The highest BCUT2D eigenvalue weighted by atomic mass is 16.5. The molecule has 1 atom stereocenters. The van der Waals surface area contributed by atoms with Crippen LogP contribution in [-0.2, 0) is 4.79 Å². The average Bonchev–Trinajstić information content (AvgIpc) is 2.62. The summed E-state index contributed by atoms with van der Waals surface area (Å²) in [6.45, 7) is 4.01. The summed E-state index contributed by atoms with van der Waals surface area (Å²) in [5.41, 5.74) is 5.41. The molecule has 25 heavy (non-hydrogen) atoms. The molecule has 0 aliphatic heterocycles. The fourth-order valence-corrected chi connectivity index (χ4v) is 2.20. The number of methoxy groups -OCH3 is 2. The van der Waals surface area contributed by atoms with Gasteiger partial charge in [0.15, 0.2) is 18.1 Å². The molecule has 0 bridgehead atoms. The molecule has 0 fully saturated rings. The van der Waals surface area contributed by atoms with Gasteiger partial charge in [-0.05, 0) is 26.0 Å². The van der Waals surface area contributed by atoms with Crippen LogP contribution < -0.4 is 19.9 Å². The third-order valence-corrected chi connectivity index (χ3v) is 3.45. The fourth-order valence-electron chi connectivity index (χ4n) is 2.20. The summed E-state index contributed by atoms with van der Waals surface area (Å²) < 4.78 is 15.8. The van der Waals surface area contributed by atoms with E-state index in [1.807, 2.05) is 6.92 Å². The van der Waals surface area contributed by atoms with Crippen molar-refractivity contribution in [1.29, 1.82) is 5.26 Å². The van der Waals surface area contributed by atoms with Gasteiger partial charge in [0.05, 0.1) is 26.2 Å². The SMILES string of the molecule is CCN(CC(C)C#N)C(=O)c1cc(OC)c(OCC(N)=O)c(OC)c1. The van der Waals surface area contributed by atoms with Gasteiger partial charge in [-0.25, -0.2) is 0 Å². The molecular formula is C17H23N3O5. The summed E-state index contributed by atoms with van der Waals surface area (Å²) >= 11 is 0. The molecule has 0 aliphatic carbocycles. The number of nitriles is 1. The van der Waals surface area contributed by atoms with E-state index in [0.717, 1.165) is 0 Å². The molecule has 2 N–H and O–H groups in total. The lowest BCUT2D eigenvalue weighted by molar-refractivity contribution is -0.120. The Bertz CT molecular complexity index is 644. The van der Waals surface area contributed by atoms with Crippen LogP contribution in [0.25, 0.3) is 0 Å². The van der Waals surface area contributed by atoms with Gasteiger partial charge in [0.2, 0.25) is 5.75 Å². The number of rotatable bonds is 9. The van der Waals surface area contributed by atoms with E-state index in [1.54, 1.807) is 11.8 Å². The summed E-state index contributed by atoms with van der Waals surface area (Å²) in [4.78, 5) is 25.2. The van der Waals surface area contributed by atoms with Crippen molar-refractivity contribution in [2.45, 2.75) is 13.8 Å². The third-order valence-electron chi connectivity index (χ3n) is 3.45. The Morgan fingerprint density at radius 2 is 1.84 bits per heavy atom. The van der Waals surface area contributed by atoms with Gasteiger partial charge in [-0.3, -0.25) is 9.59 Å². The summed E-state index contributed by atoms with van der Waals surface area (Å²) in [6.07, 6.45) is 0. The molecule has 8 heteroatoms. The summed E-state index contributed by atoms with van der Waals surface area (Å²) in [6, 6.07) is 5.11. The Morgan fingerprint density at radius 1 is 1.28 bits per heavy atom. The van der Waals surface area contributed by atoms with E-state index in [2.05, 4.69) is 6.07 Å². The standard InChI is InChI=1S/C17H23N3O5/c1-5-20(9-11(2)8-18)17(22)12-6-13(23-3)16(14(7-12)24-4)25-10-15(19)21/h6-7,11H,5,9-10H2,1-4H3,(H2,19,21).